The lowest BCUT2D eigenvalue weighted by molar-refractivity contribution is -0.136. The first kappa shape index (κ1) is 23.2. The van der Waals surface area contributed by atoms with E-state index in [4.69, 9.17) is 0 Å². The third-order valence-corrected chi connectivity index (χ3v) is 5.77. The van der Waals surface area contributed by atoms with Gasteiger partial charge in [0.1, 0.15) is 0 Å². The maximum absolute atomic E-state index is 13.1. The number of rotatable bonds is 8. The summed E-state index contributed by atoms with van der Waals surface area (Å²) in [7, 11) is 4.02. The van der Waals surface area contributed by atoms with E-state index in [1.54, 1.807) is 0 Å². The molecule has 1 saturated carbocycles. The fourth-order valence-electron chi connectivity index (χ4n) is 3.59. The number of hydrogen-bond donors (Lipinski definition) is 1. The van der Waals surface area contributed by atoms with Crippen LogP contribution in [0.1, 0.15) is 72.3 Å². The maximum atomic E-state index is 13.1. The molecule has 1 aromatic rings. The Hall–Kier alpha value is -2.04. The number of carbonyl (C=O) groups is 2. The maximum Gasteiger partial charge on any atom is 0.227 e. The standard InChI is InChI=1S/C24H39N3O2/c1-8-17(2)27(22(28)15-24(3,4)5)16-19-14-20(12-13-21(19)26(6)7)25-23(29)18-10-9-11-18/h12-14,17-18H,8-11,15-16H2,1-7H3,(H,25,29)/t17-/m0/s1. The summed E-state index contributed by atoms with van der Waals surface area (Å²) in [5.41, 5.74) is 2.90. The zero-order valence-corrected chi connectivity index (χ0v) is 19.3. The van der Waals surface area contributed by atoms with Crippen molar-refractivity contribution in [1.29, 1.82) is 0 Å². The zero-order valence-electron chi connectivity index (χ0n) is 19.3. The summed E-state index contributed by atoms with van der Waals surface area (Å²) in [6, 6.07) is 6.19. The van der Waals surface area contributed by atoms with Crippen molar-refractivity contribution in [2.75, 3.05) is 24.3 Å². The lowest BCUT2D eigenvalue weighted by Crippen LogP contribution is -2.39. The Labute approximate surface area is 176 Å². The first-order valence-electron chi connectivity index (χ1n) is 10.9. The summed E-state index contributed by atoms with van der Waals surface area (Å²) in [4.78, 5) is 29.5. The SMILES string of the molecule is CC[C@H](C)N(Cc1cc(NC(=O)C2CCC2)ccc1N(C)C)C(=O)CC(C)(C)C. The molecule has 1 N–H and O–H groups in total. The van der Waals surface area contributed by atoms with E-state index in [1.165, 1.54) is 0 Å². The average molecular weight is 402 g/mol. The first-order valence-corrected chi connectivity index (χ1v) is 10.9. The van der Waals surface area contributed by atoms with Crippen molar-refractivity contribution in [3.63, 3.8) is 0 Å². The summed E-state index contributed by atoms with van der Waals surface area (Å²) in [6.45, 7) is 11.1. The molecule has 1 fully saturated rings. The van der Waals surface area contributed by atoms with Crippen LogP contribution in [0.4, 0.5) is 11.4 Å². The number of nitrogens with one attached hydrogen (secondary N) is 1. The Kier molecular flexibility index (Phi) is 7.73. The molecular weight excluding hydrogens is 362 g/mol. The molecule has 0 saturated heterocycles. The quantitative estimate of drug-likeness (QED) is 0.663. The zero-order chi connectivity index (χ0) is 21.8. The van der Waals surface area contributed by atoms with E-state index in [-0.39, 0.29) is 29.2 Å². The molecule has 0 unspecified atom stereocenters. The predicted molar refractivity (Wildman–Crippen MR) is 121 cm³/mol. The van der Waals surface area contributed by atoms with E-state index >= 15 is 0 Å². The second kappa shape index (κ2) is 9.64. The van der Waals surface area contributed by atoms with Crippen LogP contribution in [0.15, 0.2) is 18.2 Å². The predicted octanol–water partition coefficient (Wildman–Crippen LogP) is 5.05. The largest absolute Gasteiger partial charge is 0.377 e. The molecule has 1 atom stereocenters. The summed E-state index contributed by atoms with van der Waals surface area (Å²) < 4.78 is 0. The summed E-state index contributed by atoms with van der Waals surface area (Å²) in [6.07, 6.45) is 4.54. The number of anilines is 2. The van der Waals surface area contributed by atoms with Crippen molar-refractivity contribution >= 4 is 23.2 Å². The van der Waals surface area contributed by atoms with Crippen LogP contribution in [-0.2, 0) is 16.1 Å². The van der Waals surface area contributed by atoms with Crippen LogP contribution in [0.25, 0.3) is 0 Å². The number of benzene rings is 1. The van der Waals surface area contributed by atoms with Crippen LogP contribution < -0.4 is 10.2 Å². The molecule has 5 nitrogen and oxygen atoms in total. The second-order valence-corrected chi connectivity index (χ2v) is 9.87. The third-order valence-electron chi connectivity index (χ3n) is 5.77. The fraction of sp³-hybridized carbons (Fsp3) is 0.667. The Morgan fingerprint density at radius 1 is 1.21 bits per heavy atom. The minimum Gasteiger partial charge on any atom is -0.377 e. The van der Waals surface area contributed by atoms with Gasteiger partial charge in [0, 0.05) is 50.4 Å². The molecule has 29 heavy (non-hydrogen) atoms. The van der Waals surface area contributed by atoms with Gasteiger partial charge in [-0.15, -0.1) is 0 Å². The highest BCUT2D eigenvalue weighted by Gasteiger charge is 2.27. The van der Waals surface area contributed by atoms with E-state index in [0.29, 0.717) is 13.0 Å². The molecular formula is C24H39N3O2. The van der Waals surface area contributed by atoms with Crippen molar-refractivity contribution in [1.82, 2.24) is 4.90 Å². The van der Waals surface area contributed by atoms with Crippen LogP contribution in [-0.4, -0.2) is 36.9 Å². The third kappa shape index (κ3) is 6.48. The van der Waals surface area contributed by atoms with Gasteiger partial charge in [0.25, 0.3) is 0 Å². The van der Waals surface area contributed by atoms with E-state index in [0.717, 1.165) is 42.6 Å². The van der Waals surface area contributed by atoms with E-state index in [1.807, 2.05) is 37.2 Å². The lowest BCUT2D eigenvalue weighted by atomic mass is 9.85. The molecule has 1 aromatic carbocycles. The number of nitrogens with zero attached hydrogens (tertiary/aromatic N) is 2. The lowest BCUT2D eigenvalue weighted by Gasteiger charge is -2.33. The molecule has 0 spiro atoms. The molecule has 1 aliphatic rings. The first-order chi connectivity index (χ1) is 13.5. The average Bonchev–Trinajstić information content (AvgIpc) is 2.55. The van der Waals surface area contributed by atoms with Gasteiger partial charge in [-0.2, -0.15) is 0 Å². The van der Waals surface area contributed by atoms with E-state index in [2.05, 4.69) is 44.8 Å². The Morgan fingerprint density at radius 2 is 1.86 bits per heavy atom. The van der Waals surface area contributed by atoms with Gasteiger partial charge in [0.2, 0.25) is 11.8 Å². The van der Waals surface area contributed by atoms with Crippen molar-refractivity contribution in [2.45, 2.75) is 79.3 Å². The molecule has 0 heterocycles. The monoisotopic (exact) mass is 401 g/mol. The van der Waals surface area contributed by atoms with Gasteiger partial charge in [-0.25, -0.2) is 0 Å². The summed E-state index contributed by atoms with van der Waals surface area (Å²) in [5.74, 6) is 0.444. The molecule has 2 rings (SSSR count). The molecule has 0 aromatic heterocycles. The highest BCUT2D eigenvalue weighted by molar-refractivity contribution is 5.93. The summed E-state index contributed by atoms with van der Waals surface area (Å²) >= 11 is 0. The number of hydrogen-bond acceptors (Lipinski definition) is 3. The molecule has 5 heteroatoms. The van der Waals surface area contributed by atoms with Gasteiger partial charge >= 0.3 is 0 Å². The number of amides is 2. The van der Waals surface area contributed by atoms with Crippen molar-refractivity contribution in [2.24, 2.45) is 11.3 Å². The van der Waals surface area contributed by atoms with Crippen molar-refractivity contribution < 1.29 is 9.59 Å². The Bertz CT molecular complexity index is 717. The molecule has 2 amide bonds. The highest BCUT2D eigenvalue weighted by atomic mass is 16.2. The van der Waals surface area contributed by atoms with Crippen LogP contribution in [0, 0.1) is 11.3 Å². The van der Waals surface area contributed by atoms with Gasteiger partial charge in [0.05, 0.1) is 0 Å². The topological polar surface area (TPSA) is 52.7 Å². The highest BCUT2D eigenvalue weighted by Crippen LogP contribution is 2.30. The van der Waals surface area contributed by atoms with Gasteiger partial charge < -0.3 is 15.1 Å². The number of carbonyl (C=O) groups excluding carboxylic acids is 2. The molecule has 0 aliphatic heterocycles. The minimum atomic E-state index is -0.0498. The van der Waals surface area contributed by atoms with Crippen LogP contribution in [0.2, 0.25) is 0 Å². The van der Waals surface area contributed by atoms with Crippen molar-refractivity contribution in [3.05, 3.63) is 23.8 Å². The van der Waals surface area contributed by atoms with Crippen LogP contribution in [0.3, 0.4) is 0 Å². The smallest absolute Gasteiger partial charge is 0.227 e. The molecule has 162 valence electrons. The van der Waals surface area contributed by atoms with E-state index < -0.39 is 0 Å². The molecule has 1 aliphatic carbocycles. The molecule has 0 bridgehead atoms. The van der Waals surface area contributed by atoms with Crippen molar-refractivity contribution in [3.8, 4) is 0 Å². The Morgan fingerprint density at radius 3 is 2.34 bits per heavy atom. The van der Waals surface area contributed by atoms with Crippen LogP contribution >= 0.6 is 0 Å². The minimum absolute atomic E-state index is 0.0498. The van der Waals surface area contributed by atoms with Gasteiger partial charge in [0.15, 0.2) is 0 Å². The molecule has 0 radical (unpaired) electrons. The van der Waals surface area contributed by atoms with E-state index in [9.17, 15) is 9.59 Å². The van der Waals surface area contributed by atoms with Crippen LogP contribution in [0.5, 0.6) is 0 Å². The Balaban J connectivity index is 2.28. The van der Waals surface area contributed by atoms with Gasteiger partial charge in [-0.1, -0.05) is 34.1 Å². The van der Waals surface area contributed by atoms with Gasteiger partial charge in [-0.05, 0) is 55.4 Å². The second-order valence-electron chi connectivity index (χ2n) is 9.87. The van der Waals surface area contributed by atoms with Gasteiger partial charge in [-0.3, -0.25) is 9.59 Å². The fourth-order valence-corrected chi connectivity index (χ4v) is 3.59. The summed E-state index contributed by atoms with van der Waals surface area (Å²) in [5, 5.41) is 3.07. The normalized spacial score (nSPS) is 15.4.